The predicted molar refractivity (Wildman–Crippen MR) is 421 cm³/mol. The highest BCUT2D eigenvalue weighted by atomic mass is 16.6. The molecule has 0 N–H and O–H groups in total. The quantitative estimate of drug-likeness (QED) is 0.0267. The summed E-state index contributed by atoms with van der Waals surface area (Å²) in [6, 6.07) is 97.6. The van der Waals surface area contributed by atoms with Gasteiger partial charge in [0.25, 0.3) is 0 Å². The summed E-state index contributed by atoms with van der Waals surface area (Å²) in [6.45, 7) is 4.64. The molecule has 2 aliphatic rings. The van der Waals surface area contributed by atoms with Crippen LogP contribution in [0.5, 0.6) is 57.5 Å². The molecule has 0 bridgehead atoms. The topological polar surface area (TPSA) is 163 Å². The summed E-state index contributed by atoms with van der Waals surface area (Å²) < 4.78 is 93.6. The Morgan fingerprint density at radius 2 is 0.694 bits per heavy atom. The first-order chi connectivity index (χ1) is 54.8. The van der Waals surface area contributed by atoms with Crippen LogP contribution in [0.3, 0.4) is 0 Å². The lowest BCUT2D eigenvalue weighted by atomic mass is 9.90. The molecule has 12 aromatic carbocycles. The number of benzene rings is 12. The lowest BCUT2D eigenvalue weighted by Crippen LogP contribution is -2.40. The van der Waals surface area contributed by atoms with Crippen molar-refractivity contribution in [1.82, 2.24) is 0 Å². The molecule has 0 unspecified atom stereocenters. The van der Waals surface area contributed by atoms with Crippen LogP contribution in [0.25, 0.3) is 0 Å². The zero-order valence-corrected chi connectivity index (χ0v) is 61.9. The van der Waals surface area contributed by atoms with E-state index in [-0.39, 0.29) is 91.8 Å². The largest absolute Gasteiger partial charge is 0.489 e. The monoisotopic (exact) mass is 1480 g/mol. The zero-order chi connectivity index (χ0) is 75.6. The summed E-state index contributed by atoms with van der Waals surface area (Å²) in [5, 5.41) is 0. The van der Waals surface area contributed by atoms with E-state index in [0.717, 1.165) is 44.5 Å². The van der Waals surface area contributed by atoms with Crippen molar-refractivity contribution in [2.75, 3.05) is 19.8 Å². The summed E-state index contributed by atoms with van der Waals surface area (Å²) in [4.78, 5) is 30.1. The molecule has 16 nitrogen and oxygen atoms in total. The van der Waals surface area contributed by atoms with Crippen molar-refractivity contribution in [3.8, 4) is 57.5 Å². The van der Waals surface area contributed by atoms with Crippen LogP contribution in [0.1, 0.15) is 111 Å². The van der Waals surface area contributed by atoms with Crippen molar-refractivity contribution >= 4 is 11.9 Å². The molecule has 0 aliphatic carbocycles. The molecule has 14 rings (SSSR count). The van der Waals surface area contributed by atoms with Crippen LogP contribution in [0.15, 0.2) is 303 Å². The molecule has 0 saturated heterocycles. The van der Waals surface area contributed by atoms with E-state index in [4.69, 9.17) is 66.3 Å². The van der Waals surface area contributed by atoms with Crippen molar-refractivity contribution in [1.29, 1.82) is 0 Å². The first-order valence-corrected chi connectivity index (χ1v) is 37.7. The van der Waals surface area contributed by atoms with Crippen LogP contribution in [-0.4, -0.2) is 44.0 Å². The minimum Gasteiger partial charge on any atom is -0.489 e. The van der Waals surface area contributed by atoms with Crippen LogP contribution in [-0.2, 0) is 87.8 Å². The smallest absolute Gasteiger partial charge is 0.306 e. The SMILES string of the molecule is CCOCCO[C@H]1c2c(OCc3ccccc3)cc(OCc3ccccc3)cc2O[C@H](c2ccc(OCc3ccccc3)c(OCc3ccccc3)c2)[C@H]1OC(=O)CCCC(=O)O[C@@H]1Cc2c(OCc3ccccc3)cc(OCc3ccccc3)cc2O[C@@H]1c1ccc(OCc2ccccc2)c(OCc2ccccc2)c1. The van der Waals surface area contributed by atoms with Gasteiger partial charge in [0, 0.05) is 66.8 Å². The van der Waals surface area contributed by atoms with Crippen molar-refractivity contribution in [3.05, 3.63) is 370 Å². The molecule has 2 heterocycles. The van der Waals surface area contributed by atoms with Gasteiger partial charge in [-0.1, -0.05) is 255 Å². The molecule has 0 radical (unpaired) electrons. The van der Waals surface area contributed by atoms with Crippen molar-refractivity contribution in [2.24, 2.45) is 0 Å². The van der Waals surface area contributed by atoms with Gasteiger partial charge in [-0.15, -0.1) is 0 Å². The summed E-state index contributed by atoms with van der Waals surface area (Å²) in [7, 11) is 0. The highest BCUT2D eigenvalue weighted by Crippen LogP contribution is 2.52. The highest BCUT2D eigenvalue weighted by molar-refractivity contribution is 5.73. The van der Waals surface area contributed by atoms with E-state index in [1.54, 1.807) is 0 Å². The van der Waals surface area contributed by atoms with E-state index in [2.05, 4.69) is 0 Å². The van der Waals surface area contributed by atoms with Crippen LogP contribution < -0.4 is 47.4 Å². The van der Waals surface area contributed by atoms with E-state index in [0.29, 0.717) is 86.4 Å². The third kappa shape index (κ3) is 21.1. The molecule has 0 spiro atoms. The Morgan fingerprint density at radius 1 is 0.342 bits per heavy atom. The molecule has 2 aliphatic heterocycles. The molecule has 0 aromatic heterocycles. The molecule has 111 heavy (non-hydrogen) atoms. The molecule has 12 aromatic rings. The van der Waals surface area contributed by atoms with Gasteiger partial charge in [-0.25, -0.2) is 0 Å². The van der Waals surface area contributed by atoms with Gasteiger partial charge in [0.05, 0.1) is 18.8 Å². The molecule has 5 atom stereocenters. The van der Waals surface area contributed by atoms with Gasteiger partial charge in [0.15, 0.2) is 41.3 Å². The van der Waals surface area contributed by atoms with Crippen LogP contribution in [0, 0.1) is 0 Å². The lowest BCUT2D eigenvalue weighted by molar-refractivity contribution is -0.174. The number of carbonyl (C=O) groups excluding carboxylic acids is 2. The standard InChI is InChI=1S/C95H88O16/c1-2-98-50-51-99-94-91-86(107-66-74-42-25-10-26-43-74)56-78(101-60-68-30-13-4-14-31-68)57-87(91)110-93(76-47-49-81(103-62-70-34-17-6-18-35-70)85(53-76)106-65-73-40-23-9-24-41-73)95(94)111-90(97)45-27-44-89(96)108-88-58-79-82(104-63-71-36-19-7-20-37-71)54-77(100-59-67-28-11-3-12-29-67)55-83(79)109-92(88)75-46-48-80(102-61-69-32-15-5-16-33-69)84(52-75)105-64-72-38-21-8-22-39-72/h3-26,28-43,46-49,52-57,88,92-95H,2,27,44-45,50-51,58-66H2,1H3/t88-,92-,93-,94+,95-/m1/s1. The third-order valence-corrected chi connectivity index (χ3v) is 18.9. The maximum absolute atomic E-state index is 15.2. The molecular weight excluding hydrogens is 1400 g/mol. The average Bonchev–Trinajstić information content (AvgIpc) is 0.755. The molecule has 16 heteroatoms. The van der Waals surface area contributed by atoms with Crippen LogP contribution in [0.4, 0.5) is 0 Å². The van der Waals surface area contributed by atoms with Crippen molar-refractivity contribution in [2.45, 2.75) is 116 Å². The lowest BCUT2D eigenvalue weighted by Gasteiger charge is -2.40. The number of ether oxygens (including phenoxy) is 14. The van der Waals surface area contributed by atoms with E-state index >= 15 is 4.79 Å². The Hall–Kier alpha value is -12.5. The Labute approximate surface area is 647 Å². The number of rotatable bonds is 37. The van der Waals surface area contributed by atoms with Gasteiger partial charge in [-0.2, -0.15) is 0 Å². The molecule has 0 saturated carbocycles. The Bertz CT molecular complexity index is 4900. The number of hydrogen-bond donors (Lipinski definition) is 0. The van der Waals surface area contributed by atoms with Gasteiger partial charge < -0.3 is 66.3 Å². The fraction of sp³-hybridized carbons (Fsp3) is 0.221. The Kier molecular flexibility index (Phi) is 26.1. The van der Waals surface area contributed by atoms with Gasteiger partial charge in [0.1, 0.15) is 99.6 Å². The first-order valence-electron chi connectivity index (χ1n) is 37.7. The second-order valence-electron chi connectivity index (χ2n) is 26.9. The fourth-order valence-electron chi connectivity index (χ4n) is 13.2. The highest BCUT2D eigenvalue weighted by Gasteiger charge is 2.46. The van der Waals surface area contributed by atoms with E-state index < -0.39 is 42.5 Å². The number of esters is 2. The minimum atomic E-state index is -1.19. The fourth-order valence-corrected chi connectivity index (χ4v) is 13.2. The number of hydrogen-bond acceptors (Lipinski definition) is 16. The summed E-state index contributed by atoms with van der Waals surface area (Å²) in [5.74, 6) is 3.43. The maximum atomic E-state index is 15.2. The molecular formula is C95H88O16. The third-order valence-electron chi connectivity index (χ3n) is 18.9. The Morgan fingerprint density at radius 3 is 1.12 bits per heavy atom. The van der Waals surface area contributed by atoms with Gasteiger partial charge in [0.2, 0.25) is 0 Å². The first kappa shape index (κ1) is 75.3. The molecule has 0 amide bonds. The molecule has 564 valence electrons. The molecule has 0 fully saturated rings. The maximum Gasteiger partial charge on any atom is 0.306 e. The second kappa shape index (κ2) is 38.5. The second-order valence-corrected chi connectivity index (χ2v) is 26.9. The van der Waals surface area contributed by atoms with Gasteiger partial charge in [-0.3, -0.25) is 9.59 Å². The van der Waals surface area contributed by atoms with Gasteiger partial charge >= 0.3 is 11.9 Å². The number of carbonyl (C=O) groups is 2. The summed E-state index contributed by atoms with van der Waals surface area (Å²) in [6.07, 6.45) is -5.27. The normalized spacial score (nSPS) is 15.4. The predicted octanol–water partition coefficient (Wildman–Crippen LogP) is 19.9. The van der Waals surface area contributed by atoms with E-state index in [1.165, 1.54) is 0 Å². The van der Waals surface area contributed by atoms with Gasteiger partial charge in [-0.05, 0) is 82.1 Å². The van der Waals surface area contributed by atoms with E-state index in [1.807, 2.05) is 310 Å². The minimum absolute atomic E-state index is 0.0359. The average molecular weight is 1490 g/mol. The number of fused-ring (bicyclic) bond motifs is 2. The van der Waals surface area contributed by atoms with Crippen molar-refractivity contribution in [3.63, 3.8) is 0 Å². The summed E-state index contributed by atoms with van der Waals surface area (Å²) >= 11 is 0. The van der Waals surface area contributed by atoms with E-state index in [9.17, 15) is 4.79 Å². The van der Waals surface area contributed by atoms with Crippen molar-refractivity contribution < 1.29 is 75.9 Å². The summed E-state index contributed by atoms with van der Waals surface area (Å²) in [5.41, 5.74) is 10.0. The van der Waals surface area contributed by atoms with Crippen LogP contribution in [0.2, 0.25) is 0 Å². The Balaban J connectivity index is 0.779. The van der Waals surface area contributed by atoms with Crippen LogP contribution >= 0.6 is 0 Å². The zero-order valence-electron chi connectivity index (χ0n) is 61.9.